The van der Waals surface area contributed by atoms with Gasteiger partial charge in [-0.15, -0.1) is 0 Å². The summed E-state index contributed by atoms with van der Waals surface area (Å²) in [6, 6.07) is 10.5. The van der Waals surface area contributed by atoms with E-state index in [0.29, 0.717) is 11.5 Å². The number of carbonyl (C=O) groups excluding carboxylic acids is 1. The number of benzene rings is 2. The molecule has 6 heteroatoms. The van der Waals surface area contributed by atoms with Crippen molar-refractivity contribution in [2.45, 2.75) is 18.8 Å². The molecule has 2 aromatic rings. The summed E-state index contributed by atoms with van der Waals surface area (Å²) in [4.78, 5) is 23.3. The van der Waals surface area contributed by atoms with E-state index in [0.717, 1.165) is 49.8 Å². The Balaban J connectivity index is 1.73. The molecule has 0 aromatic heterocycles. The highest BCUT2D eigenvalue weighted by atomic mass is 19.1. The number of halogens is 1. The van der Waals surface area contributed by atoms with Crippen molar-refractivity contribution in [3.8, 4) is 0 Å². The minimum absolute atomic E-state index is 0.0911. The number of ether oxygens (including phenoxy) is 1. The lowest BCUT2D eigenvalue weighted by molar-refractivity contribution is 0.0696. The number of carboxylic acids is 1. The molecule has 0 spiro atoms. The lowest BCUT2D eigenvalue weighted by Gasteiger charge is -2.22. The third-order valence-corrected chi connectivity index (χ3v) is 4.33. The van der Waals surface area contributed by atoms with Crippen LogP contribution in [0, 0.1) is 5.82 Å². The standard InChI is InChI=1S/C19H18FNO4/c20-16-6-5-15(19(23)24)11-17(16)21-18(22)14-3-1-12(2-4-14)13-7-9-25-10-8-13/h1-6,11,13H,7-10H2,(H,21,22)(H,23,24). The summed E-state index contributed by atoms with van der Waals surface area (Å²) in [6.07, 6.45) is 1.91. The number of hydrogen-bond acceptors (Lipinski definition) is 3. The molecule has 1 amide bonds. The quantitative estimate of drug-likeness (QED) is 0.888. The van der Waals surface area contributed by atoms with E-state index < -0.39 is 17.7 Å². The summed E-state index contributed by atoms with van der Waals surface area (Å²) in [5.41, 5.74) is 1.29. The average molecular weight is 343 g/mol. The number of aromatic carboxylic acids is 1. The topological polar surface area (TPSA) is 75.6 Å². The highest BCUT2D eigenvalue weighted by Crippen LogP contribution is 2.27. The largest absolute Gasteiger partial charge is 0.478 e. The van der Waals surface area contributed by atoms with Gasteiger partial charge in [-0.25, -0.2) is 9.18 Å². The fourth-order valence-corrected chi connectivity index (χ4v) is 2.89. The fourth-order valence-electron chi connectivity index (χ4n) is 2.89. The molecule has 0 aliphatic carbocycles. The van der Waals surface area contributed by atoms with Crippen molar-refractivity contribution < 1.29 is 23.8 Å². The van der Waals surface area contributed by atoms with Crippen molar-refractivity contribution in [2.75, 3.05) is 18.5 Å². The number of rotatable bonds is 4. The Morgan fingerprint density at radius 1 is 1.04 bits per heavy atom. The van der Waals surface area contributed by atoms with Crippen LogP contribution in [0.3, 0.4) is 0 Å². The van der Waals surface area contributed by atoms with Gasteiger partial charge in [-0.2, -0.15) is 0 Å². The zero-order valence-corrected chi connectivity index (χ0v) is 13.5. The maximum absolute atomic E-state index is 13.8. The van der Waals surface area contributed by atoms with Crippen LogP contribution < -0.4 is 5.32 Å². The molecule has 0 unspecified atom stereocenters. The van der Waals surface area contributed by atoms with Gasteiger partial charge in [0, 0.05) is 18.8 Å². The minimum atomic E-state index is -1.18. The van der Waals surface area contributed by atoms with E-state index in [1.807, 2.05) is 12.1 Å². The Morgan fingerprint density at radius 2 is 1.68 bits per heavy atom. The molecule has 2 aromatic carbocycles. The summed E-state index contributed by atoms with van der Waals surface area (Å²) >= 11 is 0. The second-order valence-corrected chi connectivity index (χ2v) is 5.96. The first-order chi connectivity index (χ1) is 12.0. The molecule has 0 bridgehead atoms. The second-order valence-electron chi connectivity index (χ2n) is 5.96. The first-order valence-electron chi connectivity index (χ1n) is 8.06. The molecule has 0 atom stereocenters. The number of carbonyl (C=O) groups is 2. The molecule has 130 valence electrons. The summed E-state index contributed by atoms with van der Waals surface area (Å²) in [6.45, 7) is 1.48. The van der Waals surface area contributed by atoms with Crippen LogP contribution in [0.1, 0.15) is 45.0 Å². The van der Waals surface area contributed by atoms with Crippen LogP contribution in [-0.2, 0) is 4.74 Å². The van der Waals surface area contributed by atoms with Gasteiger partial charge in [0.15, 0.2) is 0 Å². The smallest absolute Gasteiger partial charge is 0.335 e. The van der Waals surface area contributed by atoms with E-state index in [1.54, 1.807) is 12.1 Å². The van der Waals surface area contributed by atoms with Crippen molar-refractivity contribution in [1.82, 2.24) is 0 Å². The fraction of sp³-hybridized carbons (Fsp3) is 0.263. The molecule has 5 nitrogen and oxygen atoms in total. The Bertz CT molecular complexity index is 783. The lowest BCUT2D eigenvalue weighted by atomic mass is 9.91. The first-order valence-corrected chi connectivity index (χ1v) is 8.06. The molecular weight excluding hydrogens is 325 g/mol. The van der Waals surface area contributed by atoms with Crippen LogP contribution in [0.25, 0.3) is 0 Å². The Hall–Kier alpha value is -2.73. The Morgan fingerprint density at radius 3 is 2.32 bits per heavy atom. The maximum atomic E-state index is 13.8. The molecule has 1 aliphatic rings. The summed E-state index contributed by atoms with van der Waals surface area (Å²) in [5.74, 6) is -1.93. The van der Waals surface area contributed by atoms with Crippen LogP contribution >= 0.6 is 0 Å². The number of nitrogens with one attached hydrogen (secondary N) is 1. The predicted octanol–water partition coefficient (Wildman–Crippen LogP) is 3.67. The molecule has 0 saturated carbocycles. The zero-order valence-electron chi connectivity index (χ0n) is 13.5. The van der Waals surface area contributed by atoms with Crippen molar-refractivity contribution >= 4 is 17.6 Å². The van der Waals surface area contributed by atoms with Crippen molar-refractivity contribution in [3.63, 3.8) is 0 Å². The van der Waals surface area contributed by atoms with E-state index in [-0.39, 0.29) is 11.3 Å². The molecule has 0 radical (unpaired) electrons. The SMILES string of the molecule is O=C(O)c1ccc(F)c(NC(=O)c2ccc(C3CCOCC3)cc2)c1. The van der Waals surface area contributed by atoms with Gasteiger partial charge >= 0.3 is 5.97 Å². The van der Waals surface area contributed by atoms with Gasteiger partial charge in [-0.1, -0.05) is 12.1 Å². The van der Waals surface area contributed by atoms with E-state index in [9.17, 15) is 14.0 Å². The zero-order chi connectivity index (χ0) is 17.8. The molecule has 1 aliphatic heterocycles. The summed E-state index contributed by atoms with van der Waals surface area (Å²) < 4.78 is 19.1. The Kier molecular flexibility index (Phi) is 5.09. The van der Waals surface area contributed by atoms with Gasteiger partial charge in [-0.3, -0.25) is 4.79 Å². The van der Waals surface area contributed by atoms with Gasteiger partial charge in [0.25, 0.3) is 5.91 Å². The third-order valence-electron chi connectivity index (χ3n) is 4.33. The number of amides is 1. The Labute approximate surface area is 144 Å². The normalized spacial score (nSPS) is 14.9. The van der Waals surface area contributed by atoms with E-state index in [1.165, 1.54) is 0 Å². The molecular formula is C19H18FNO4. The van der Waals surface area contributed by atoms with Gasteiger partial charge in [0.1, 0.15) is 5.82 Å². The van der Waals surface area contributed by atoms with Crippen molar-refractivity contribution in [3.05, 3.63) is 65.0 Å². The molecule has 2 N–H and O–H groups in total. The van der Waals surface area contributed by atoms with Gasteiger partial charge in [0.2, 0.25) is 0 Å². The number of carboxylic acid groups (broad SMARTS) is 1. The van der Waals surface area contributed by atoms with Crippen molar-refractivity contribution in [1.29, 1.82) is 0 Å². The molecule has 1 saturated heterocycles. The maximum Gasteiger partial charge on any atom is 0.335 e. The number of anilines is 1. The highest BCUT2D eigenvalue weighted by Gasteiger charge is 2.17. The van der Waals surface area contributed by atoms with Crippen LogP contribution in [-0.4, -0.2) is 30.2 Å². The predicted molar refractivity (Wildman–Crippen MR) is 90.5 cm³/mol. The van der Waals surface area contributed by atoms with Crippen LogP contribution in [0.15, 0.2) is 42.5 Å². The van der Waals surface area contributed by atoms with E-state index >= 15 is 0 Å². The minimum Gasteiger partial charge on any atom is -0.478 e. The first kappa shape index (κ1) is 17.1. The van der Waals surface area contributed by atoms with Gasteiger partial charge < -0.3 is 15.2 Å². The second kappa shape index (κ2) is 7.44. The lowest BCUT2D eigenvalue weighted by Crippen LogP contribution is -2.15. The van der Waals surface area contributed by atoms with Crippen LogP contribution in [0.2, 0.25) is 0 Å². The monoisotopic (exact) mass is 343 g/mol. The van der Waals surface area contributed by atoms with Gasteiger partial charge in [-0.05, 0) is 54.7 Å². The van der Waals surface area contributed by atoms with Crippen LogP contribution in [0.5, 0.6) is 0 Å². The van der Waals surface area contributed by atoms with Gasteiger partial charge in [0.05, 0.1) is 11.3 Å². The summed E-state index contributed by atoms with van der Waals surface area (Å²) in [5, 5.41) is 11.4. The summed E-state index contributed by atoms with van der Waals surface area (Å²) in [7, 11) is 0. The molecule has 25 heavy (non-hydrogen) atoms. The molecule has 3 rings (SSSR count). The molecule has 1 fully saturated rings. The van der Waals surface area contributed by atoms with E-state index in [2.05, 4.69) is 5.32 Å². The van der Waals surface area contributed by atoms with Crippen LogP contribution in [0.4, 0.5) is 10.1 Å². The number of hydrogen-bond donors (Lipinski definition) is 2. The average Bonchev–Trinajstić information content (AvgIpc) is 2.64. The highest BCUT2D eigenvalue weighted by molar-refractivity contribution is 6.04. The molecule has 1 heterocycles. The third kappa shape index (κ3) is 4.03. The van der Waals surface area contributed by atoms with E-state index in [4.69, 9.17) is 9.84 Å². The van der Waals surface area contributed by atoms with Crippen molar-refractivity contribution in [2.24, 2.45) is 0 Å².